The summed E-state index contributed by atoms with van der Waals surface area (Å²) in [5.74, 6) is 0.951. The van der Waals surface area contributed by atoms with E-state index in [9.17, 15) is 0 Å². The highest BCUT2D eigenvalue weighted by atomic mass is 35.5. The van der Waals surface area contributed by atoms with Crippen LogP contribution in [0.4, 0.5) is 0 Å². The fraction of sp³-hybridized carbons (Fsp3) is 0.286. The number of rotatable bonds is 4. The van der Waals surface area contributed by atoms with E-state index in [-0.39, 0.29) is 6.10 Å². The number of halogens is 1. The van der Waals surface area contributed by atoms with Crippen LogP contribution in [0, 0.1) is 0 Å². The first-order chi connectivity index (χ1) is 12.3. The summed E-state index contributed by atoms with van der Waals surface area (Å²) in [4.78, 5) is 6.62. The van der Waals surface area contributed by atoms with Crippen molar-refractivity contribution in [2.45, 2.75) is 25.5 Å². The molecule has 2 heterocycles. The Morgan fingerprint density at radius 3 is 2.76 bits per heavy atom. The number of piperidine rings is 1. The van der Waals surface area contributed by atoms with Gasteiger partial charge in [0.2, 0.25) is 0 Å². The molecule has 0 bridgehead atoms. The molecule has 1 fully saturated rings. The van der Waals surface area contributed by atoms with Gasteiger partial charge in [0.05, 0.1) is 0 Å². The molecule has 3 nitrogen and oxygen atoms in total. The lowest BCUT2D eigenvalue weighted by Gasteiger charge is -2.32. The van der Waals surface area contributed by atoms with Gasteiger partial charge in [0.25, 0.3) is 0 Å². The molecule has 0 saturated carbocycles. The van der Waals surface area contributed by atoms with Gasteiger partial charge in [-0.2, -0.15) is 0 Å². The highest BCUT2D eigenvalue weighted by Crippen LogP contribution is 2.24. The molecule has 0 radical (unpaired) electrons. The van der Waals surface area contributed by atoms with Gasteiger partial charge in [-0.3, -0.25) is 9.88 Å². The molecule has 3 aromatic rings. The van der Waals surface area contributed by atoms with Crippen molar-refractivity contribution in [3.8, 4) is 5.75 Å². The lowest BCUT2D eigenvalue weighted by molar-refractivity contribution is 0.0969. The van der Waals surface area contributed by atoms with Gasteiger partial charge in [-0.25, -0.2) is 0 Å². The van der Waals surface area contributed by atoms with Crippen molar-refractivity contribution in [1.82, 2.24) is 9.88 Å². The third-order valence-corrected chi connectivity index (χ3v) is 4.98. The predicted octanol–water partition coefficient (Wildman–Crippen LogP) is 4.93. The number of ether oxygens (including phenoxy) is 1. The molecule has 1 aromatic heterocycles. The summed E-state index contributed by atoms with van der Waals surface area (Å²) in [6.07, 6.45) is 6.09. The van der Waals surface area contributed by atoms with Gasteiger partial charge in [-0.15, -0.1) is 0 Å². The highest BCUT2D eigenvalue weighted by molar-refractivity contribution is 6.30. The van der Waals surface area contributed by atoms with Crippen LogP contribution in [-0.4, -0.2) is 29.1 Å². The van der Waals surface area contributed by atoms with Crippen LogP contribution < -0.4 is 4.74 Å². The molecule has 25 heavy (non-hydrogen) atoms. The maximum absolute atomic E-state index is 6.21. The largest absolute Gasteiger partial charge is 0.490 e. The summed E-state index contributed by atoms with van der Waals surface area (Å²) in [6.45, 7) is 3.06. The number of benzene rings is 2. The normalized spacial score (nSPS) is 16.2. The Kier molecular flexibility index (Phi) is 4.86. The molecule has 4 rings (SSSR count). The van der Waals surface area contributed by atoms with Crippen LogP contribution in [0.3, 0.4) is 0 Å². The minimum Gasteiger partial charge on any atom is -0.490 e. The number of hydrogen-bond acceptors (Lipinski definition) is 3. The zero-order chi connectivity index (χ0) is 17.1. The van der Waals surface area contributed by atoms with Gasteiger partial charge in [0.15, 0.2) is 0 Å². The SMILES string of the molecule is Clc1cccc(CN2CCC(Oc3ccc4cnccc4c3)CC2)c1. The monoisotopic (exact) mass is 352 g/mol. The second kappa shape index (κ2) is 7.42. The topological polar surface area (TPSA) is 25.4 Å². The molecule has 0 atom stereocenters. The van der Waals surface area contributed by atoms with Crippen LogP contribution in [0.25, 0.3) is 10.8 Å². The molecule has 0 aliphatic carbocycles. The molecule has 1 aliphatic rings. The first-order valence-electron chi connectivity index (χ1n) is 8.73. The first-order valence-corrected chi connectivity index (χ1v) is 9.11. The van der Waals surface area contributed by atoms with Crippen molar-refractivity contribution in [1.29, 1.82) is 0 Å². The van der Waals surface area contributed by atoms with E-state index in [1.54, 1.807) is 0 Å². The lowest BCUT2D eigenvalue weighted by atomic mass is 10.1. The van der Waals surface area contributed by atoms with Crippen molar-refractivity contribution in [3.63, 3.8) is 0 Å². The fourth-order valence-corrected chi connectivity index (χ4v) is 3.62. The lowest BCUT2D eigenvalue weighted by Crippen LogP contribution is -2.37. The number of pyridine rings is 1. The summed E-state index contributed by atoms with van der Waals surface area (Å²) in [6, 6.07) is 16.4. The quantitative estimate of drug-likeness (QED) is 0.665. The van der Waals surface area contributed by atoms with E-state index in [2.05, 4.69) is 28.1 Å². The Labute approximate surface area is 153 Å². The maximum Gasteiger partial charge on any atom is 0.120 e. The smallest absolute Gasteiger partial charge is 0.120 e. The first kappa shape index (κ1) is 16.4. The van der Waals surface area contributed by atoms with Crippen molar-refractivity contribution in [2.75, 3.05) is 13.1 Å². The summed E-state index contributed by atoms with van der Waals surface area (Å²) < 4.78 is 6.21. The molecule has 0 N–H and O–H groups in total. The van der Waals surface area contributed by atoms with Crippen LogP contribution in [-0.2, 0) is 6.54 Å². The van der Waals surface area contributed by atoms with Gasteiger partial charge < -0.3 is 4.74 Å². The van der Waals surface area contributed by atoms with Gasteiger partial charge in [0.1, 0.15) is 11.9 Å². The van der Waals surface area contributed by atoms with Gasteiger partial charge >= 0.3 is 0 Å². The molecule has 0 spiro atoms. The number of likely N-dealkylation sites (tertiary alicyclic amines) is 1. The average Bonchev–Trinajstić information content (AvgIpc) is 2.63. The Bertz CT molecular complexity index is 859. The van der Waals surface area contributed by atoms with Gasteiger partial charge in [0, 0.05) is 42.4 Å². The van der Waals surface area contributed by atoms with Crippen LogP contribution >= 0.6 is 11.6 Å². The Morgan fingerprint density at radius 2 is 1.92 bits per heavy atom. The zero-order valence-corrected chi connectivity index (χ0v) is 14.8. The van der Waals surface area contributed by atoms with Crippen LogP contribution in [0.5, 0.6) is 5.75 Å². The molecule has 1 saturated heterocycles. The molecule has 0 unspecified atom stereocenters. The molecular formula is C21H21ClN2O. The number of nitrogens with zero attached hydrogens (tertiary/aromatic N) is 2. The summed E-state index contributed by atoms with van der Waals surface area (Å²) in [5, 5.41) is 3.12. The number of hydrogen-bond donors (Lipinski definition) is 0. The highest BCUT2D eigenvalue weighted by Gasteiger charge is 2.20. The van der Waals surface area contributed by atoms with E-state index in [1.165, 1.54) is 10.9 Å². The van der Waals surface area contributed by atoms with Crippen LogP contribution in [0.15, 0.2) is 60.9 Å². The fourth-order valence-electron chi connectivity index (χ4n) is 3.41. The van der Waals surface area contributed by atoms with Crippen molar-refractivity contribution < 1.29 is 4.74 Å². The second-order valence-electron chi connectivity index (χ2n) is 6.61. The molecule has 4 heteroatoms. The second-order valence-corrected chi connectivity index (χ2v) is 7.04. The van der Waals surface area contributed by atoms with E-state index in [4.69, 9.17) is 16.3 Å². The molecular weight excluding hydrogens is 332 g/mol. The van der Waals surface area contributed by atoms with Crippen LogP contribution in [0.2, 0.25) is 5.02 Å². The Hall–Kier alpha value is -2.10. The van der Waals surface area contributed by atoms with Crippen molar-refractivity contribution in [3.05, 3.63) is 71.5 Å². The molecule has 128 valence electrons. The zero-order valence-electron chi connectivity index (χ0n) is 14.1. The Balaban J connectivity index is 1.33. The third kappa shape index (κ3) is 4.12. The van der Waals surface area contributed by atoms with Crippen molar-refractivity contribution in [2.24, 2.45) is 0 Å². The Morgan fingerprint density at radius 1 is 1.04 bits per heavy atom. The minimum absolute atomic E-state index is 0.287. The standard InChI is InChI=1S/C21H21ClN2O/c22-19-3-1-2-16(12-19)15-24-10-7-20(8-11-24)25-21-5-4-18-14-23-9-6-17(18)13-21/h1-6,9,12-14,20H,7-8,10-11,15H2. The number of aromatic nitrogens is 1. The molecule has 0 amide bonds. The average molecular weight is 353 g/mol. The maximum atomic E-state index is 6.21. The third-order valence-electron chi connectivity index (χ3n) is 4.74. The van der Waals surface area contributed by atoms with E-state index in [0.717, 1.165) is 48.6 Å². The summed E-state index contributed by atoms with van der Waals surface area (Å²) in [5.41, 5.74) is 1.27. The minimum atomic E-state index is 0.287. The van der Waals surface area contributed by atoms with E-state index >= 15 is 0 Å². The van der Waals surface area contributed by atoms with Crippen molar-refractivity contribution >= 4 is 22.4 Å². The van der Waals surface area contributed by atoms with Crippen LogP contribution in [0.1, 0.15) is 18.4 Å². The predicted molar refractivity (Wildman–Crippen MR) is 102 cm³/mol. The van der Waals surface area contributed by atoms with E-state index in [1.807, 2.05) is 42.7 Å². The summed E-state index contributed by atoms with van der Waals surface area (Å²) >= 11 is 6.08. The van der Waals surface area contributed by atoms with E-state index < -0.39 is 0 Å². The molecule has 2 aromatic carbocycles. The summed E-state index contributed by atoms with van der Waals surface area (Å²) in [7, 11) is 0. The van der Waals surface area contributed by atoms with Gasteiger partial charge in [-0.1, -0.05) is 23.7 Å². The van der Waals surface area contributed by atoms with Gasteiger partial charge in [-0.05, 0) is 60.2 Å². The van der Waals surface area contributed by atoms with E-state index in [0.29, 0.717) is 0 Å². The molecule has 1 aliphatic heterocycles. The number of fused-ring (bicyclic) bond motifs is 1.